The number of nitrogens with zero attached hydrogens (tertiary/aromatic N) is 2. The first-order chi connectivity index (χ1) is 12.7. The Labute approximate surface area is 152 Å². The highest BCUT2D eigenvalue weighted by Gasteiger charge is 2.31. The van der Waals surface area contributed by atoms with Gasteiger partial charge in [0.2, 0.25) is 0 Å². The number of aryl methyl sites for hydroxylation is 1. The van der Waals surface area contributed by atoms with Crippen molar-refractivity contribution in [3.8, 4) is 22.8 Å². The van der Waals surface area contributed by atoms with Crippen molar-refractivity contribution in [2.75, 3.05) is 12.4 Å². The number of aromatic amines is 1. The lowest BCUT2D eigenvalue weighted by molar-refractivity contribution is -0.137. The number of nitrogens with two attached hydrogens (primary N) is 1. The molecule has 27 heavy (non-hydrogen) atoms. The van der Waals surface area contributed by atoms with E-state index in [9.17, 15) is 18.0 Å². The van der Waals surface area contributed by atoms with Gasteiger partial charge in [-0.05, 0) is 36.8 Å². The molecule has 0 spiro atoms. The number of rotatable bonds is 4. The van der Waals surface area contributed by atoms with E-state index in [1.165, 1.54) is 18.3 Å². The van der Waals surface area contributed by atoms with Crippen LogP contribution in [0.15, 0.2) is 36.5 Å². The van der Waals surface area contributed by atoms with Gasteiger partial charge in [-0.15, -0.1) is 0 Å². The Morgan fingerprint density at radius 1 is 1.22 bits per heavy atom. The second kappa shape index (κ2) is 6.75. The Hall–Kier alpha value is -3.36. The number of halogens is 3. The fraction of sp³-hybridized carbons (Fsp3) is 0.167. The van der Waals surface area contributed by atoms with Gasteiger partial charge in [-0.2, -0.15) is 13.2 Å². The maximum atomic E-state index is 13.1. The van der Waals surface area contributed by atoms with Crippen LogP contribution in [0.1, 0.15) is 21.5 Å². The van der Waals surface area contributed by atoms with Gasteiger partial charge < -0.3 is 16.0 Å². The molecule has 0 aliphatic heterocycles. The highest BCUT2D eigenvalue weighted by molar-refractivity contribution is 6.01. The topological polar surface area (TPSA) is 96.7 Å². The molecule has 2 heterocycles. The molecule has 6 nitrogen and oxygen atoms in total. The molecule has 3 aromatic rings. The second-order valence-corrected chi connectivity index (χ2v) is 5.88. The van der Waals surface area contributed by atoms with Crippen LogP contribution in [0.5, 0.6) is 0 Å². The predicted octanol–water partition coefficient (Wildman–Crippen LogP) is 3.61. The SMILES string of the molecule is CNc1ccnc(-c2cc(C(N)=O)c(-c3cc(C(F)(F)F)ccc3C)[nH]2)n1. The Morgan fingerprint density at radius 3 is 2.59 bits per heavy atom. The molecule has 2 aromatic heterocycles. The number of anilines is 1. The van der Waals surface area contributed by atoms with E-state index >= 15 is 0 Å². The van der Waals surface area contributed by atoms with E-state index in [1.807, 2.05) is 0 Å². The van der Waals surface area contributed by atoms with Gasteiger partial charge in [-0.1, -0.05) is 6.07 Å². The van der Waals surface area contributed by atoms with Gasteiger partial charge in [-0.25, -0.2) is 9.97 Å². The number of carbonyl (C=O) groups is 1. The zero-order valence-electron chi connectivity index (χ0n) is 14.5. The van der Waals surface area contributed by atoms with Crippen molar-refractivity contribution in [2.24, 2.45) is 5.73 Å². The summed E-state index contributed by atoms with van der Waals surface area (Å²) in [5.41, 5.74) is 6.04. The van der Waals surface area contributed by atoms with Crippen molar-refractivity contribution in [2.45, 2.75) is 13.1 Å². The van der Waals surface area contributed by atoms with Gasteiger partial charge >= 0.3 is 6.18 Å². The number of nitrogens with one attached hydrogen (secondary N) is 2. The number of carbonyl (C=O) groups excluding carboxylic acids is 1. The molecule has 0 radical (unpaired) electrons. The van der Waals surface area contributed by atoms with Crippen LogP contribution < -0.4 is 11.1 Å². The number of H-pyrrole nitrogens is 1. The number of benzene rings is 1. The van der Waals surface area contributed by atoms with Gasteiger partial charge in [0.1, 0.15) is 5.82 Å². The number of primary amides is 1. The van der Waals surface area contributed by atoms with Gasteiger partial charge in [-0.3, -0.25) is 4.79 Å². The molecule has 0 aliphatic carbocycles. The summed E-state index contributed by atoms with van der Waals surface area (Å²) in [4.78, 5) is 23.2. The molecule has 4 N–H and O–H groups in total. The van der Waals surface area contributed by atoms with Crippen LogP contribution in [-0.2, 0) is 6.18 Å². The number of amides is 1. The largest absolute Gasteiger partial charge is 0.416 e. The molecule has 1 aromatic carbocycles. The molecule has 9 heteroatoms. The van der Waals surface area contributed by atoms with Gasteiger partial charge in [0.25, 0.3) is 5.91 Å². The molecule has 0 bridgehead atoms. The van der Waals surface area contributed by atoms with Gasteiger partial charge in [0.05, 0.1) is 22.5 Å². The third-order valence-corrected chi connectivity index (χ3v) is 4.07. The molecule has 140 valence electrons. The van der Waals surface area contributed by atoms with Crippen molar-refractivity contribution < 1.29 is 18.0 Å². The third kappa shape index (κ3) is 3.62. The molecule has 0 atom stereocenters. The summed E-state index contributed by atoms with van der Waals surface area (Å²) >= 11 is 0. The van der Waals surface area contributed by atoms with Crippen LogP contribution in [0, 0.1) is 6.92 Å². The summed E-state index contributed by atoms with van der Waals surface area (Å²) in [5.74, 6) is 0.0568. The van der Waals surface area contributed by atoms with Crippen molar-refractivity contribution in [3.05, 3.63) is 53.2 Å². The average molecular weight is 375 g/mol. The normalized spacial score (nSPS) is 11.4. The maximum absolute atomic E-state index is 13.1. The number of hydrogen-bond donors (Lipinski definition) is 3. The summed E-state index contributed by atoms with van der Waals surface area (Å²) in [5, 5.41) is 2.86. The highest BCUT2D eigenvalue weighted by atomic mass is 19.4. The van der Waals surface area contributed by atoms with Crippen LogP contribution in [0.2, 0.25) is 0 Å². The lowest BCUT2D eigenvalue weighted by Gasteiger charge is -2.11. The zero-order valence-corrected chi connectivity index (χ0v) is 14.5. The third-order valence-electron chi connectivity index (χ3n) is 4.07. The molecular weight excluding hydrogens is 359 g/mol. The fourth-order valence-corrected chi connectivity index (χ4v) is 2.68. The first kappa shape index (κ1) is 18.4. The highest BCUT2D eigenvalue weighted by Crippen LogP contribution is 2.35. The minimum Gasteiger partial charge on any atom is -0.373 e. The zero-order chi connectivity index (χ0) is 19.8. The second-order valence-electron chi connectivity index (χ2n) is 5.88. The fourth-order valence-electron chi connectivity index (χ4n) is 2.68. The van der Waals surface area contributed by atoms with E-state index in [1.54, 1.807) is 20.0 Å². The molecular formula is C18H16F3N5O. The Bertz CT molecular complexity index is 1010. The van der Waals surface area contributed by atoms with E-state index in [2.05, 4.69) is 20.3 Å². The Balaban J connectivity index is 2.19. The van der Waals surface area contributed by atoms with Crippen LogP contribution in [0.3, 0.4) is 0 Å². The van der Waals surface area contributed by atoms with Gasteiger partial charge in [0.15, 0.2) is 5.82 Å². The summed E-state index contributed by atoms with van der Waals surface area (Å²) in [6.45, 7) is 1.65. The van der Waals surface area contributed by atoms with Gasteiger partial charge in [0, 0.05) is 18.8 Å². The summed E-state index contributed by atoms with van der Waals surface area (Å²) in [7, 11) is 1.69. The van der Waals surface area contributed by atoms with E-state index in [4.69, 9.17) is 5.73 Å². The van der Waals surface area contributed by atoms with Crippen molar-refractivity contribution in [3.63, 3.8) is 0 Å². The van der Waals surface area contributed by atoms with Crippen LogP contribution in [0.25, 0.3) is 22.8 Å². The number of alkyl halides is 3. The minimum atomic E-state index is -4.50. The Morgan fingerprint density at radius 2 is 1.96 bits per heavy atom. The molecule has 0 saturated carbocycles. The first-order valence-corrected chi connectivity index (χ1v) is 7.93. The molecule has 0 unspecified atom stereocenters. The van der Waals surface area contributed by atoms with Crippen molar-refractivity contribution >= 4 is 11.7 Å². The first-order valence-electron chi connectivity index (χ1n) is 7.93. The maximum Gasteiger partial charge on any atom is 0.416 e. The van der Waals surface area contributed by atoms with Crippen molar-refractivity contribution in [1.29, 1.82) is 0 Å². The molecule has 1 amide bonds. The standard InChI is InChI=1S/C18H16F3N5O/c1-9-3-4-10(18(19,20)21)7-11(9)15-12(16(22)27)8-13(25-15)17-24-6-5-14(23-2)26-17/h3-8,25H,1-2H3,(H2,22,27)(H,23,24,26). The predicted molar refractivity (Wildman–Crippen MR) is 95.1 cm³/mol. The smallest absolute Gasteiger partial charge is 0.373 e. The van der Waals surface area contributed by atoms with Crippen LogP contribution in [-0.4, -0.2) is 27.9 Å². The quantitative estimate of drug-likeness (QED) is 0.649. The van der Waals surface area contributed by atoms with Crippen molar-refractivity contribution in [1.82, 2.24) is 15.0 Å². The summed E-state index contributed by atoms with van der Waals surface area (Å²) in [6, 6.07) is 6.42. The molecule has 0 fully saturated rings. The molecule has 0 aliphatic rings. The average Bonchev–Trinajstić information content (AvgIpc) is 3.06. The van der Waals surface area contributed by atoms with E-state index in [0.29, 0.717) is 17.1 Å². The molecule has 3 rings (SSSR count). The molecule has 0 saturated heterocycles. The minimum absolute atomic E-state index is 0.0610. The lowest BCUT2D eigenvalue weighted by atomic mass is 9.99. The summed E-state index contributed by atoms with van der Waals surface area (Å²) in [6.07, 6.45) is -2.98. The number of aromatic nitrogens is 3. The van der Waals surface area contributed by atoms with E-state index < -0.39 is 17.6 Å². The van der Waals surface area contributed by atoms with E-state index in [-0.39, 0.29) is 22.6 Å². The summed E-state index contributed by atoms with van der Waals surface area (Å²) < 4.78 is 39.3. The van der Waals surface area contributed by atoms with Crippen LogP contribution >= 0.6 is 0 Å². The Kier molecular flexibility index (Phi) is 4.61. The van der Waals surface area contributed by atoms with E-state index in [0.717, 1.165) is 12.1 Å². The lowest BCUT2D eigenvalue weighted by Crippen LogP contribution is -2.11. The number of hydrogen-bond acceptors (Lipinski definition) is 4. The van der Waals surface area contributed by atoms with Crippen LogP contribution in [0.4, 0.5) is 19.0 Å². The monoisotopic (exact) mass is 375 g/mol.